The molecule has 4 saturated carbocycles. The molecule has 0 aromatic heterocycles. The van der Waals surface area contributed by atoms with Crippen LogP contribution in [0.4, 0.5) is 0 Å². The van der Waals surface area contributed by atoms with Crippen LogP contribution in [0.5, 0.6) is 0 Å². The van der Waals surface area contributed by atoms with Crippen molar-refractivity contribution in [3.63, 3.8) is 0 Å². The third-order valence-corrected chi connectivity index (χ3v) is 5.45. The zero-order valence-corrected chi connectivity index (χ0v) is 9.91. The van der Waals surface area contributed by atoms with Crippen molar-refractivity contribution in [2.75, 3.05) is 13.1 Å². The molecule has 4 rings (SSSR count). The molecule has 0 saturated heterocycles. The van der Waals surface area contributed by atoms with E-state index in [2.05, 4.69) is 11.2 Å². The smallest absolute Gasteiger partial charge is 0.0578 e. The molecular formula is C14H22N2. The molecule has 0 amide bonds. The fraction of sp³-hybridized carbons (Fsp3) is 0.857. The molecule has 0 unspecified atom stereocenters. The summed E-state index contributed by atoms with van der Waals surface area (Å²) in [6, 6.07) is 0. The fourth-order valence-corrected chi connectivity index (χ4v) is 4.93. The van der Waals surface area contributed by atoms with Crippen LogP contribution < -0.4 is 11.1 Å². The Labute approximate surface area is 98.4 Å². The lowest BCUT2D eigenvalue weighted by Gasteiger charge is -2.61. The van der Waals surface area contributed by atoms with Gasteiger partial charge < -0.3 is 5.73 Å². The second kappa shape index (κ2) is 3.75. The topological polar surface area (TPSA) is 38.0 Å². The van der Waals surface area contributed by atoms with Crippen LogP contribution in [0.15, 0.2) is 0 Å². The maximum atomic E-state index is 6.10. The van der Waals surface area contributed by atoms with Crippen molar-refractivity contribution in [1.29, 1.82) is 0 Å². The van der Waals surface area contributed by atoms with Gasteiger partial charge in [-0.15, -0.1) is 6.42 Å². The van der Waals surface area contributed by atoms with Gasteiger partial charge in [-0.2, -0.15) is 0 Å². The summed E-state index contributed by atoms with van der Waals surface area (Å²) >= 11 is 0. The number of terminal acetylenes is 1. The molecule has 0 atom stereocenters. The Morgan fingerprint density at radius 3 is 2.12 bits per heavy atom. The highest BCUT2D eigenvalue weighted by Gasteiger charge is 2.56. The number of hydrogen-bond acceptors (Lipinski definition) is 2. The van der Waals surface area contributed by atoms with E-state index in [0.29, 0.717) is 6.54 Å². The summed E-state index contributed by atoms with van der Waals surface area (Å²) in [5, 5.41) is 3.62. The SMILES string of the molecule is C#CCNC1(CN)C2CC3CC(C2)CC1C3. The van der Waals surface area contributed by atoms with E-state index in [-0.39, 0.29) is 5.54 Å². The van der Waals surface area contributed by atoms with E-state index >= 15 is 0 Å². The Morgan fingerprint density at radius 2 is 1.69 bits per heavy atom. The Morgan fingerprint density at radius 1 is 1.12 bits per heavy atom. The Bertz CT molecular complexity index is 287. The lowest BCUT2D eigenvalue weighted by molar-refractivity contribution is -0.0674. The van der Waals surface area contributed by atoms with Crippen molar-refractivity contribution in [2.24, 2.45) is 29.4 Å². The molecule has 0 aromatic carbocycles. The molecule has 0 aliphatic heterocycles. The molecule has 4 aliphatic rings. The Hall–Kier alpha value is -0.520. The minimum atomic E-state index is 0.180. The highest BCUT2D eigenvalue weighted by atomic mass is 15.0. The lowest BCUT2D eigenvalue weighted by atomic mass is 9.48. The zero-order chi connectivity index (χ0) is 11.2. The fourth-order valence-electron chi connectivity index (χ4n) is 4.93. The summed E-state index contributed by atoms with van der Waals surface area (Å²) < 4.78 is 0. The average Bonchev–Trinajstić information content (AvgIpc) is 2.28. The van der Waals surface area contributed by atoms with Crippen LogP contribution in [0.1, 0.15) is 32.1 Å². The Balaban J connectivity index is 1.85. The van der Waals surface area contributed by atoms with Crippen LogP contribution in [-0.4, -0.2) is 18.6 Å². The zero-order valence-electron chi connectivity index (χ0n) is 9.91. The van der Waals surface area contributed by atoms with E-state index in [4.69, 9.17) is 12.2 Å². The van der Waals surface area contributed by atoms with E-state index in [0.717, 1.165) is 30.2 Å². The normalized spacial score (nSPS) is 49.2. The first-order valence-electron chi connectivity index (χ1n) is 6.67. The molecule has 2 heteroatoms. The monoisotopic (exact) mass is 218 g/mol. The highest BCUT2D eigenvalue weighted by molar-refractivity contribution is 5.12. The van der Waals surface area contributed by atoms with Crippen molar-refractivity contribution in [2.45, 2.75) is 37.6 Å². The largest absolute Gasteiger partial charge is 0.329 e. The quantitative estimate of drug-likeness (QED) is 0.702. The van der Waals surface area contributed by atoms with Crippen LogP contribution in [-0.2, 0) is 0 Å². The van der Waals surface area contributed by atoms with E-state index < -0.39 is 0 Å². The lowest BCUT2D eigenvalue weighted by Crippen LogP contribution is -2.68. The molecule has 0 radical (unpaired) electrons. The second-order valence-electron chi connectivity index (χ2n) is 6.11. The molecule has 4 bridgehead atoms. The minimum Gasteiger partial charge on any atom is -0.329 e. The van der Waals surface area contributed by atoms with Gasteiger partial charge in [-0.05, 0) is 55.8 Å². The molecule has 3 N–H and O–H groups in total. The first-order chi connectivity index (χ1) is 7.78. The maximum Gasteiger partial charge on any atom is 0.0578 e. The van der Waals surface area contributed by atoms with E-state index in [1.807, 2.05) is 0 Å². The number of nitrogens with one attached hydrogen (secondary N) is 1. The van der Waals surface area contributed by atoms with Crippen LogP contribution in [0.25, 0.3) is 0 Å². The molecule has 0 aromatic rings. The summed E-state index contributed by atoms with van der Waals surface area (Å²) in [5.41, 5.74) is 6.28. The number of nitrogens with two attached hydrogens (primary N) is 1. The van der Waals surface area contributed by atoms with E-state index in [1.165, 1.54) is 32.1 Å². The number of hydrogen-bond donors (Lipinski definition) is 2. The summed E-state index contributed by atoms with van der Waals surface area (Å²) in [6.07, 6.45) is 12.4. The second-order valence-corrected chi connectivity index (χ2v) is 6.11. The van der Waals surface area contributed by atoms with Gasteiger partial charge >= 0.3 is 0 Å². The van der Waals surface area contributed by atoms with Gasteiger partial charge in [0, 0.05) is 12.1 Å². The third-order valence-electron chi connectivity index (χ3n) is 5.45. The van der Waals surface area contributed by atoms with Gasteiger partial charge in [-0.3, -0.25) is 5.32 Å². The molecule has 2 nitrogen and oxygen atoms in total. The van der Waals surface area contributed by atoms with E-state index in [1.54, 1.807) is 0 Å². The standard InChI is InChI=1S/C14H22N2/c1-2-3-16-14(9-15)12-5-10-4-11(7-12)8-13(14)6-10/h1,10-13,16H,3-9,15H2. The molecule has 16 heavy (non-hydrogen) atoms. The van der Waals surface area contributed by atoms with E-state index in [9.17, 15) is 0 Å². The van der Waals surface area contributed by atoms with Gasteiger partial charge in [0.25, 0.3) is 0 Å². The highest BCUT2D eigenvalue weighted by Crippen LogP contribution is 2.57. The van der Waals surface area contributed by atoms with Gasteiger partial charge in [-0.1, -0.05) is 5.92 Å². The van der Waals surface area contributed by atoms with Gasteiger partial charge in [0.05, 0.1) is 6.54 Å². The summed E-state index contributed by atoms with van der Waals surface area (Å²) in [5.74, 6) is 6.30. The molecule has 4 fully saturated rings. The van der Waals surface area contributed by atoms with Gasteiger partial charge in [-0.25, -0.2) is 0 Å². The average molecular weight is 218 g/mol. The summed E-state index contributed by atoms with van der Waals surface area (Å²) in [6.45, 7) is 1.45. The first kappa shape index (κ1) is 10.6. The summed E-state index contributed by atoms with van der Waals surface area (Å²) in [4.78, 5) is 0. The van der Waals surface area contributed by atoms with Crippen molar-refractivity contribution in [1.82, 2.24) is 5.32 Å². The minimum absolute atomic E-state index is 0.180. The summed E-state index contributed by atoms with van der Waals surface area (Å²) in [7, 11) is 0. The molecule has 88 valence electrons. The number of rotatable bonds is 3. The van der Waals surface area contributed by atoms with Crippen LogP contribution >= 0.6 is 0 Å². The first-order valence-corrected chi connectivity index (χ1v) is 6.67. The van der Waals surface area contributed by atoms with Crippen LogP contribution in [0.2, 0.25) is 0 Å². The van der Waals surface area contributed by atoms with Crippen molar-refractivity contribution in [3.05, 3.63) is 0 Å². The molecule has 0 spiro atoms. The maximum absolute atomic E-state index is 6.10. The van der Waals surface area contributed by atoms with Gasteiger partial charge in [0.1, 0.15) is 0 Å². The molecule has 0 heterocycles. The van der Waals surface area contributed by atoms with Crippen molar-refractivity contribution in [3.8, 4) is 12.3 Å². The van der Waals surface area contributed by atoms with Crippen LogP contribution in [0, 0.1) is 36.0 Å². The molecule has 4 aliphatic carbocycles. The van der Waals surface area contributed by atoms with Crippen molar-refractivity contribution < 1.29 is 0 Å². The van der Waals surface area contributed by atoms with Gasteiger partial charge in [0.15, 0.2) is 0 Å². The third kappa shape index (κ3) is 1.35. The predicted octanol–water partition coefficient (Wildman–Crippen LogP) is 1.36. The van der Waals surface area contributed by atoms with Crippen LogP contribution in [0.3, 0.4) is 0 Å². The Kier molecular flexibility index (Phi) is 2.49. The predicted molar refractivity (Wildman–Crippen MR) is 65.7 cm³/mol. The van der Waals surface area contributed by atoms with Gasteiger partial charge in [0.2, 0.25) is 0 Å². The van der Waals surface area contributed by atoms with Crippen molar-refractivity contribution >= 4 is 0 Å². The molecular weight excluding hydrogens is 196 g/mol.